The van der Waals surface area contributed by atoms with Crippen LogP contribution in [0.3, 0.4) is 0 Å². The molecule has 2 unspecified atom stereocenters. The number of benzene rings is 1. The molecule has 2 atom stereocenters. The predicted molar refractivity (Wildman–Crippen MR) is 88.1 cm³/mol. The first-order chi connectivity index (χ1) is 9.99. The quantitative estimate of drug-likeness (QED) is 0.800. The van der Waals surface area contributed by atoms with Crippen molar-refractivity contribution in [2.45, 2.75) is 45.7 Å². The molecule has 0 bridgehead atoms. The molecule has 0 aliphatic carbocycles. The molecule has 21 heavy (non-hydrogen) atoms. The highest BCUT2D eigenvalue weighted by Gasteiger charge is 2.38. The van der Waals surface area contributed by atoms with Crippen molar-refractivity contribution in [3.8, 4) is 11.5 Å². The second-order valence-electron chi connectivity index (χ2n) is 5.44. The van der Waals surface area contributed by atoms with Crippen LogP contribution in [0.1, 0.15) is 45.7 Å². The second kappa shape index (κ2) is 7.66. The first-order valence-corrected chi connectivity index (χ1v) is 7.71. The molecular weight excluding hydrogens is 264 g/mol. The summed E-state index contributed by atoms with van der Waals surface area (Å²) in [5, 5.41) is 0. The zero-order valence-electron chi connectivity index (χ0n) is 14.3. The summed E-state index contributed by atoms with van der Waals surface area (Å²) in [6.07, 6.45) is 0.955. The maximum Gasteiger partial charge on any atom is 0.127 e. The minimum atomic E-state index is -0.187. The summed E-state index contributed by atoms with van der Waals surface area (Å²) >= 11 is 0. The lowest BCUT2D eigenvalue weighted by Gasteiger charge is -2.44. The van der Waals surface area contributed by atoms with Crippen molar-refractivity contribution in [1.29, 1.82) is 0 Å². The molecule has 0 aliphatic heterocycles. The van der Waals surface area contributed by atoms with Gasteiger partial charge in [-0.1, -0.05) is 26.8 Å². The smallest absolute Gasteiger partial charge is 0.127 e. The molecule has 4 heteroatoms. The van der Waals surface area contributed by atoms with E-state index in [1.807, 2.05) is 18.2 Å². The first kappa shape index (κ1) is 17.8. The zero-order valence-corrected chi connectivity index (χ0v) is 14.3. The number of ether oxygens (including phenoxy) is 2. The molecule has 120 valence electrons. The van der Waals surface area contributed by atoms with E-state index < -0.39 is 0 Å². The van der Waals surface area contributed by atoms with Crippen molar-refractivity contribution in [2.75, 3.05) is 27.3 Å². The number of hydrogen-bond acceptors (Lipinski definition) is 4. The maximum atomic E-state index is 6.69. The summed E-state index contributed by atoms with van der Waals surface area (Å²) < 4.78 is 11.0. The number of rotatable bonds is 8. The third kappa shape index (κ3) is 3.33. The van der Waals surface area contributed by atoms with Crippen molar-refractivity contribution in [2.24, 2.45) is 5.73 Å². The van der Waals surface area contributed by atoms with Gasteiger partial charge in [0.25, 0.3) is 0 Å². The van der Waals surface area contributed by atoms with Crippen LogP contribution in [0.2, 0.25) is 0 Å². The van der Waals surface area contributed by atoms with Gasteiger partial charge in [0.05, 0.1) is 25.8 Å². The number of methoxy groups -OCH3 is 2. The number of hydrogen-bond donors (Lipinski definition) is 1. The molecule has 1 aromatic rings. The highest BCUT2D eigenvalue weighted by atomic mass is 16.5. The van der Waals surface area contributed by atoms with E-state index in [4.69, 9.17) is 15.2 Å². The standard InChI is InChI=1S/C17H30N2O2/c1-7-17(4,19(8-2)9-3)16(18)15-13(20-5)11-10-12-14(15)21-6/h10-12,16H,7-9,18H2,1-6H3. The summed E-state index contributed by atoms with van der Waals surface area (Å²) in [5.74, 6) is 1.57. The molecule has 0 saturated heterocycles. The molecule has 0 spiro atoms. The zero-order chi connectivity index (χ0) is 16.0. The summed E-state index contributed by atoms with van der Waals surface area (Å²) in [5.41, 5.74) is 7.48. The molecule has 1 aromatic carbocycles. The lowest BCUT2D eigenvalue weighted by Crippen LogP contribution is -2.53. The Morgan fingerprint density at radius 2 is 1.57 bits per heavy atom. The predicted octanol–water partition coefficient (Wildman–Crippen LogP) is 3.21. The van der Waals surface area contributed by atoms with Gasteiger partial charge in [-0.05, 0) is 38.6 Å². The van der Waals surface area contributed by atoms with Crippen LogP contribution in [-0.2, 0) is 0 Å². The number of nitrogens with zero attached hydrogens (tertiary/aromatic N) is 1. The van der Waals surface area contributed by atoms with Gasteiger partial charge in [0.15, 0.2) is 0 Å². The van der Waals surface area contributed by atoms with Gasteiger partial charge in [0.2, 0.25) is 0 Å². The van der Waals surface area contributed by atoms with Crippen LogP contribution in [0.4, 0.5) is 0 Å². The van der Waals surface area contributed by atoms with E-state index in [9.17, 15) is 0 Å². The van der Waals surface area contributed by atoms with Gasteiger partial charge < -0.3 is 15.2 Å². The van der Waals surface area contributed by atoms with E-state index in [-0.39, 0.29) is 11.6 Å². The molecule has 0 aliphatic rings. The number of nitrogens with two attached hydrogens (primary N) is 1. The van der Waals surface area contributed by atoms with E-state index in [1.165, 1.54) is 0 Å². The lowest BCUT2D eigenvalue weighted by atomic mass is 9.82. The Kier molecular flexibility index (Phi) is 6.49. The highest BCUT2D eigenvalue weighted by molar-refractivity contribution is 5.48. The fourth-order valence-electron chi connectivity index (χ4n) is 3.08. The maximum absolute atomic E-state index is 6.69. The van der Waals surface area contributed by atoms with Gasteiger partial charge in [-0.2, -0.15) is 0 Å². The Hall–Kier alpha value is -1.26. The monoisotopic (exact) mass is 294 g/mol. The highest BCUT2D eigenvalue weighted by Crippen LogP contribution is 2.41. The van der Waals surface area contributed by atoms with Crippen LogP contribution < -0.4 is 15.2 Å². The Morgan fingerprint density at radius 3 is 1.90 bits per heavy atom. The molecular formula is C17H30N2O2. The molecule has 0 saturated carbocycles. The third-order valence-corrected chi connectivity index (χ3v) is 4.65. The van der Waals surface area contributed by atoms with Crippen LogP contribution in [0.25, 0.3) is 0 Å². The van der Waals surface area contributed by atoms with E-state index >= 15 is 0 Å². The van der Waals surface area contributed by atoms with Gasteiger partial charge in [-0.15, -0.1) is 0 Å². The van der Waals surface area contributed by atoms with E-state index in [2.05, 4.69) is 32.6 Å². The van der Waals surface area contributed by atoms with E-state index in [1.54, 1.807) is 14.2 Å². The van der Waals surface area contributed by atoms with Crippen molar-refractivity contribution in [3.05, 3.63) is 23.8 Å². The van der Waals surface area contributed by atoms with Gasteiger partial charge in [-0.3, -0.25) is 4.90 Å². The van der Waals surface area contributed by atoms with E-state index in [0.29, 0.717) is 0 Å². The van der Waals surface area contributed by atoms with Crippen LogP contribution >= 0.6 is 0 Å². The summed E-state index contributed by atoms with van der Waals surface area (Å²) in [6.45, 7) is 10.7. The third-order valence-electron chi connectivity index (χ3n) is 4.65. The summed E-state index contributed by atoms with van der Waals surface area (Å²) in [4.78, 5) is 2.41. The molecule has 0 fully saturated rings. The molecule has 0 aromatic heterocycles. The number of likely N-dealkylation sites (N-methyl/N-ethyl adjacent to an activating group) is 1. The molecule has 1 rings (SSSR count). The Labute approximate surface area is 129 Å². The lowest BCUT2D eigenvalue weighted by molar-refractivity contribution is 0.0825. The SMILES string of the molecule is CCN(CC)C(C)(CC)C(N)c1c(OC)cccc1OC. The van der Waals surface area contributed by atoms with Gasteiger partial charge in [0.1, 0.15) is 11.5 Å². The average Bonchev–Trinajstić information content (AvgIpc) is 2.53. The Bertz CT molecular complexity index is 424. The topological polar surface area (TPSA) is 47.7 Å². The molecule has 4 nitrogen and oxygen atoms in total. The van der Waals surface area contributed by atoms with Crippen molar-refractivity contribution < 1.29 is 9.47 Å². The van der Waals surface area contributed by atoms with Crippen LogP contribution in [0, 0.1) is 0 Å². The largest absolute Gasteiger partial charge is 0.496 e. The molecule has 0 amide bonds. The molecule has 0 radical (unpaired) electrons. The first-order valence-electron chi connectivity index (χ1n) is 7.71. The molecule has 0 heterocycles. The fourth-order valence-corrected chi connectivity index (χ4v) is 3.08. The summed E-state index contributed by atoms with van der Waals surface area (Å²) in [6, 6.07) is 5.62. The van der Waals surface area contributed by atoms with Crippen LogP contribution in [0.15, 0.2) is 18.2 Å². The van der Waals surface area contributed by atoms with E-state index in [0.717, 1.165) is 36.6 Å². The average molecular weight is 294 g/mol. The van der Waals surface area contributed by atoms with Gasteiger partial charge in [-0.25, -0.2) is 0 Å². The van der Waals surface area contributed by atoms with Crippen LogP contribution in [0.5, 0.6) is 11.5 Å². The molecule has 2 N–H and O–H groups in total. The Morgan fingerprint density at radius 1 is 1.10 bits per heavy atom. The summed E-state index contributed by atoms with van der Waals surface area (Å²) in [7, 11) is 3.34. The Balaban J connectivity index is 3.36. The fraction of sp³-hybridized carbons (Fsp3) is 0.647. The van der Waals surface area contributed by atoms with Crippen molar-refractivity contribution in [1.82, 2.24) is 4.90 Å². The van der Waals surface area contributed by atoms with Crippen molar-refractivity contribution in [3.63, 3.8) is 0 Å². The van der Waals surface area contributed by atoms with Gasteiger partial charge >= 0.3 is 0 Å². The van der Waals surface area contributed by atoms with Gasteiger partial charge in [0, 0.05) is 5.54 Å². The second-order valence-corrected chi connectivity index (χ2v) is 5.44. The minimum absolute atomic E-state index is 0.147. The normalized spacial score (nSPS) is 15.6. The van der Waals surface area contributed by atoms with Crippen LogP contribution in [-0.4, -0.2) is 37.7 Å². The minimum Gasteiger partial charge on any atom is -0.496 e. The van der Waals surface area contributed by atoms with Crippen molar-refractivity contribution >= 4 is 0 Å².